The molecule has 0 saturated heterocycles. The van der Waals surface area contributed by atoms with Crippen LogP contribution in [0.1, 0.15) is 23.5 Å². The third-order valence-corrected chi connectivity index (χ3v) is 3.44. The fourth-order valence-corrected chi connectivity index (χ4v) is 2.09. The van der Waals surface area contributed by atoms with Crippen molar-refractivity contribution >= 4 is 23.2 Å². The van der Waals surface area contributed by atoms with Crippen LogP contribution in [0.3, 0.4) is 0 Å². The number of carbonyl (C=O) groups is 2. The van der Waals surface area contributed by atoms with Gasteiger partial charge in [0, 0.05) is 17.0 Å². The van der Waals surface area contributed by atoms with E-state index in [1.807, 2.05) is 12.3 Å². The van der Waals surface area contributed by atoms with Gasteiger partial charge in [0.25, 0.3) is 0 Å². The zero-order valence-corrected chi connectivity index (χ0v) is 10.5. The molecule has 0 bridgehead atoms. The van der Waals surface area contributed by atoms with E-state index >= 15 is 0 Å². The predicted octanol–water partition coefficient (Wildman–Crippen LogP) is 0.594. The number of nitrogens with zero attached hydrogens (tertiary/aromatic N) is 1. The average molecular weight is 253 g/mol. The van der Waals surface area contributed by atoms with Crippen LogP contribution >= 0.6 is 11.3 Å². The molecule has 1 aromatic rings. The lowest BCUT2D eigenvalue weighted by molar-refractivity contribution is -0.126. The molecule has 0 aliphatic heterocycles. The zero-order valence-electron chi connectivity index (χ0n) is 9.66. The van der Waals surface area contributed by atoms with Crippen molar-refractivity contribution in [2.45, 2.75) is 26.3 Å². The summed E-state index contributed by atoms with van der Waals surface area (Å²) in [6, 6.07) is 0. The molecule has 0 radical (unpaired) electrons. The normalized spacial score (nSPS) is 14.4. The largest absolute Gasteiger partial charge is 0.348 e. The van der Waals surface area contributed by atoms with Crippen molar-refractivity contribution in [1.29, 1.82) is 0 Å². The minimum Gasteiger partial charge on any atom is -0.348 e. The van der Waals surface area contributed by atoms with Gasteiger partial charge in [-0.05, 0) is 19.8 Å². The first-order valence-corrected chi connectivity index (χ1v) is 6.48. The predicted molar refractivity (Wildman–Crippen MR) is 64.4 cm³/mol. The van der Waals surface area contributed by atoms with Crippen LogP contribution in [-0.4, -0.2) is 23.3 Å². The van der Waals surface area contributed by atoms with E-state index in [0.29, 0.717) is 6.54 Å². The molecular weight excluding hydrogens is 238 g/mol. The Kier molecular flexibility index (Phi) is 3.73. The summed E-state index contributed by atoms with van der Waals surface area (Å²) in [5.74, 6) is -0.0403. The maximum atomic E-state index is 11.4. The Bertz CT molecular complexity index is 426. The highest BCUT2D eigenvalue weighted by Crippen LogP contribution is 2.28. The molecule has 2 rings (SSSR count). The smallest absolute Gasteiger partial charge is 0.239 e. The number of thiazole rings is 1. The molecule has 6 heteroatoms. The van der Waals surface area contributed by atoms with E-state index in [0.717, 1.165) is 23.5 Å². The summed E-state index contributed by atoms with van der Waals surface area (Å²) in [7, 11) is 0. The highest BCUT2D eigenvalue weighted by atomic mass is 32.1. The van der Waals surface area contributed by atoms with Gasteiger partial charge in [0.1, 0.15) is 5.01 Å². The molecule has 17 heavy (non-hydrogen) atoms. The molecule has 0 unspecified atom stereocenters. The third-order valence-electron chi connectivity index (χ3n) is 2.47. The quantitative estimate of drug-likeness (QED) is 0.807. The maximum absolute atomic E-state index is 11.4. The summed E-state index contributed by atoms with van der Waals surface area (Å²) in [5.41, 5.74) is 0.960. The minimum absolute atomic E-state index is 0.00903. The molecule has 1 aliphatic carbocycles. The fourth-order valence-electron chi connectivity index (χ4n) is 1.38. The third kappa shape index (κ3) is 3.81. The van der Waals surface area contributed by atoms with Gasteiger partial charge in [-0.2, -0.15) is 0 Å². The highest BCUT2D eigenvalue weighted by molar-refractivity contribution is 7.09. The van der Waals surface area contributed by atoms with E-state index in [-0.39, 0.29) is 24.3 Å². The first kappa shape index (κ1) is 12.0. The van der Waals surface area contributed by atoms with Crippen molar-refractivity contribution in [2.75, 3.05) is 6.54 Å². The van der Waals surface area contributed by atoms with Crippen molar-refractivity contribution in [3.8, 4) is 0 Å². The Morgan fingerprint density at radius 3 is 2.82 bits per heavy atom. The second kappa shape index (κ2) is 5.27. The summed E-state index contributed by atoms with van der Waals surface area (Å²) < 4.78 is 0. The maximum Gasteiger partial charge on any atom is 0.239 e. The standard InChI is InChI=1S/C11H15N3O2S/c1-7-6-17-10(14-7)5-12-9(15)4-13-11(16)8-2-3-8/h6,8H,2-5H2,1H3,(H,12,15)(H,13,16). The molecule has 1 heterocycles. The minimum atomic E-state index is -0.174. The van der Waals surface area contributed by atoms with E-state index in [4.69, 9.17) is 0 Å². The van der Waals surface area contributed by atoms with Gasteiger partial charge in [0.05, 0.1) is 13.1 Å². The van der Waals surface area contributed by atoms with Crippen LogP contribution in [-0.2, 0) is 16.1 Å². The highest BCUT2D eigenvalue weighted by Gasteiger charge is 2.29. The van der Waals surface area contributed by atoms with Crippen LogP contribution < -0.4 is 10.6 Å². The van der Waals surface area contributed by atoms with Crippen LogP contribution in [0.15, 0.2) is 5.38 Å². The van der Waals surface area contributed by atoms with E-state index < -0.39 is 0 Å². The van der Waals surface area contributed by atoms with Gasteiger partial charge in [-0.3, -0.25) is 9.59 Å². The van der Waals surface area contributed by atoms with Gasteiger partial charge in [-0.1, -0.05) is 0 Å². The van der Waals surface area contributed by atoms with Crippen LogP contribution in [0, 0.1) is 12.8 Å². The summed E-state index contributed by atoms with van der Waals surface area (Å²) in [5, 5.41) is 8.16. The van der Waals surface area contributed by atoms with Gasteiger partial charge in [-0.25, -0.2) is 4.98 Å². The van der Waals surface area contributed by atoms with Gasteiger partial charge in [0.2, 0.25) is 11.8 Å². The van der Waals surface area contributed by atoms with Crippen molar-refractivity contribution in [2.24, 2.45) is 5.92 Å². The first-order valence-electron chi connectivity index (χ1n) is 5.60. The van der Waals surface area contributed by atoms with Crippen LogP contribution in [0.2, 0.25) is 0 Å². The molecule has 1 saturated carbocycles. The number of aromatic nitrogens is 1. The number of amides is 2. The first-order chi connectivity index (χ1) is 8.15. The molecule has 0 aromatic carbocycles. The zero-order chi connectivity index (χ0) is 12.3. The van der Waals surface area contributed by atoms with Crippen molar-refractivity contribution in [1.82, 2.24) is 15.6 Å². The number of rotatable bonds is 5. The molecule has 2 amide bonds. The van der Waals surface area contributed by atoms with Gasteiger partial charge >= 0.3 is 0 Å². The van der Waals surface area contributed by atoms with Crippen molar-refractivity contribution in [3.63, 3.8) is 0 Å². The number of carbonyl (C=O) groups excluding carboxylic acids is 2. The van der Waals surface area contributed by atoms with Crippen LogP contribution in [0.5, 0.6) is 0 Å². The second-order valence-corrected chi connectivity index (χ2v) is 5.09. The molecular formula is C11H15N3O2S. The monoisotopic (exact) mass is 253 g/mol. The van der Waals surface area contributed by atoms with E-state index in [9.17, 15) is 9.59 Å². The van der Waals surface area contributed by atoms with Crippen LogP contribution in [0.25, 0.3) is 0 Å². The molecule has 1 aromatic heterocycles. The molecule has 92 valence electrons. The molecule has 0 atom stereocenters. The van der Waals surface area contributed by atoms with Crippen molar-refractivity contribution < 1.29 is 9.59 Å². The van der Waals surface area contributed by atoms with E-state index in [1.165, 1.54) is 11.3 Å². The Balaban J connectivity index is 1.65. The molecule has 2 N–H and O–H groups in total. The lowest BCUT2D eigenvalue weighted by atomic mass is 10.4. The molecule has 0 spiro atoms. The molecule has 1 aliphatic rings. The topological polar surface area (TPSA) is 71.1 Å². The Labute approximate surface area is 104 Å². The summed E-state index contributed by atoms with van der Waals surface area (Å²) in [6.45, 7) is 2.40. The number of hydrogen-bond donors (Lipinski definition) is 2. The fraction of sp³-hybridized carbons (Fsp3) is 0.545. The van der Waals surface area contributed by atoms with Gasteiger partial charge in [0.15, 0.2) is 0 Å². The average Bonchev–Trinajstić information content (AvgIpc) is 3.07. The summed E-state index contributed by atoms with van der Waals surface area (Å²) in [6.07, 6.45) is 1.90. The van der Waals surface area contributed by atoms with E-state index in [1.54, 1.807) is 0 Å². The SMILES string of the molecule is Cc1csc(CNC(=O)CNC(=O)C2CC2)n1. The summed E-state index contributed by atoms with van der Waals surface area (Å²) >= 11 is 1.52. The second-order valence-electron chi connectivity index (χ2n) is 4.15. The molecule has 5 nitrogen and oxygen atoms in total. The lowest BCUT2D eigenvalue weighted by Gasteiger charge is -2.04. The Morgan fingerprint density at radius 2 is 2.24 bits per heavy atom. The van der Waals surface area contributed by atoms with E-state index in [2.05, 4.69) is 15.6 Å². The number of nitrogens with one attached hydrogen (secondary N) is 2. The molecule has 1 fully saturated rings. The van der Waals surface area contributed by atoms with Crippen LogP contribution in [0.4, 0.5) is 0 Å². The summed E-state index contributed by atoms with van der Waals surface area (Å²) in [4.78, 5) is 26.9. The van der Waals surface area contributed by atoms with Crippen molar-refractivity contribution in [3.05, 3.63) is 16.1 Å². The number of hydrogen-bond acceptors (Lipinski definition) is 4. The lowest BCUT2D eigenvalue weighted by Crippen LogP contribution is -2.37. The Hall–Kier alpha value is -1.43. The van der Waals surface area contributed by atoms with Gasteiger partial charge in [-0.15, -0.1) is 11.3 Å². The Morgan fingerprint density at radius 1 is 1.47 bits per heavy atom. The van der Waals surface area contributed by atoms with Gasteiger partial charge < -0.3 is 10.6 Å². The number of aryl methyl sites for hydroxylation is 1.